The van der Waals surface area contributed by atoms with E-state index in [1.807, 2.05) is 24.3 Å². The molecule has 1 aliphatic carbocycles. The largest absolute Gasteiger partial charge is 0.370 e. The first-order valence-electron chi connectivity index (χ1n) is 10.0. The van der Waals surface area contributed by atoms with Gasteiger partial charge in [0.05, 0.1) is 4.90 Å². The Kier molecular flexibility index (Phi) is 5.78. The Hall–Kier alpha value is -2.10. The van der Waals surface area contributed by atoms with E-state index in [0.717, 1.165) is 23.6 Å². The van der Waals surface area contributed by atoms with Gasteiger partial charge in [0.15, 0.2) is 0 Å². The molecule has 2 N–H and O–H groups in total. The molecule has 1 saturated heterocycles. The van der Waals surface area contributed by atoms with Gasteiger partial charge in [-0.05, 0) is 42.2 Å². The number of benzene rings is 2. The number of carbonyl (C=O) groups is 2. The van der Waals surface area contributed by atoms with Crippen LogP contribution in [0.25, 0.3) is 10.8 Å². The molecular weight excluding hydrogens is 422 g/mol. The van der Waals surface area contributed by atoms with Crippen molar-refractivity contribution in [3.05, 3.63) is 42.5 Å². The Labute approximate surface area is 181 Å². The average Bonchev–Trinajstić information content (AvgIpc) is 3.47. The van der Waals surface area contributed by atoms with Crippen LogP contribution < -0.4 is 5.73 Å². The standard InChI is InChI=1S/C21H25N3O4S2/c22-20(25)9-10-23(16-6-7-16)21(26)19-12-17(29)13-24(19)30(27,28)18-8-5-14-3-1-2-4-15(14)11-18/h1-5,8,11,16-17,19,29H,6-7,9-10,12-13H2,(H2,22,25)/t17-,19+/m1/s1. The quantitative estimate of drug-likeness (QED) is 0.632. The maximum atomic E-state index is 13.5. The number of thiol groups is 1. The van der Waals surface area contributed by atoms with Crippen molar-refractivity contribution >= 4 is 45.2 Å². The minimum Gasteiger partial charge on any atom is -0.370 e. The van der Waals surface area contributed by atoms with Crippen LogP contribution in [0.2, 0.25) is 0 Å². The summed E-state index contributed by atoms with van der Waals surface area (Å²) in [5.41, 5.74) is 5.26. The maximum Gasteiger partial charge on any atom is 0.243 e. The summed E-state index contributed by atoms with van der Waals surface area (Å²) in [5, 5.41) is 1.54. The molecule has 160 valence electrons. The SMILES string of the molecule is NC(=O)CCN(C(=O)[C@@H]1C[C@@H](S)CN1S(=O)(=O)c1ccc2ccccc2c1)C1CC1. The van der Waals surface area contributed by atoms with Crippen LogP contribution >= 0.6 is 12.6 Å². The minimum atomic E-state index is -3.88. The third-order valence-electron chi connectivity index (χ3n) is 5.72. The van der Waals surface area contributed by atoms with Crippen LogP contribution in [0.15, 0.2) is 47.4 Å². The van der Waals surface area contributed by atoms with Crippen LogP contribution in [0.1, 0.15) is 25.7 Å². The topological polar surface area (TPSA) is 101 Å². The summed E-state index contributed by atoms with van der Waals surface area (Å²) in [4.78, 5) is 26.3. The summed E-state index contributed by atoms with van der Waals surface area (Å²) >= 11 is 4.48. The summed E-state index contributed by atoms with van der Waals surface area (Å²) < 4.78 is 28.2. The van der Waals surface area contributed by atoms with Gasteiger partial charge in [0.1, 0.15) is 6.04 Å². The van der Waals surface area contributed by atoms with E-state index in [1.54, 1.807) is 23.1 Å². The highest BCUT2D eigenvalue weighted by atomic mass is 32.2. The summed E-state index contributed by atoms with van der Waals surface area (Å²) in [5.74, 6) is -0.743. The van der Waals surface area contributed by atoms with Crippen LogP contribution in [0.5, 0.6) is 0 Å². The van der Waals surface area contributed by atoms with Crippen molar-refractivity contribution in [2.75, 3.05) is 13.1 Å². The summed E-state index contributed by atoms with van der Waals surface area (Å²) in [6.45, 7) is 0.388. The lowest BCUT2D eigenvalue weighted by Gasteiger charge is -2.29. The van der Waals surface area contributed by atoms with Gasteiger partial charge in [-0.25, -0.2) is 8.42 Å². The molecule has 1 heterocycles. The maximum absolute atomic E-state index is 13.5. The van der Waals surface area contributed by atoms with Gasteiger partial charge in [-0.15, -0.1) is 0 Å². The fraction of sp³-hybridized carbons (Fsp3) is 0.429. The van der Waals surface area contributed by atoms with E-state index in [0.29, 0.717) is 6.42 Å². The minimum absolute atomic E-state index is 0.0565. The van der Waals surface area contributed by atoms with Gasteiger partial charge in [0.2, 0.25) is 21.8 Å². The van der Waals surface area contributed by atoms with E-state index in [9.17, 15) is 18.0 Å². The van der Waals surface area contributed by atoms with E-state index in [1.165, 1.54) is 4.31 Å². The number of nitrogens with zero attached hydrogens (tertiary/aromatic N) is 2. The molecule has 0 bridgehead atoms. The first kappa shape index (κ1) is 21.1. The van der Waals surface area contributed by atoms with Crippen LogP contribution in [0.4, 0.5) is 0 Å². The fourth-order valence-electron chi connectivity index (χ4n) is 4.02. The molecule has 1 saturated carbocycles. The van der Waals surface area contributed by atoms with Gasteiger partial charge in [-0.1, -0.05) is 30.3 Å². The Bertz CT molecular complexity index is 1080. The number of sulfonamides is 1. The van der Waals surface area contributed by atoms with Gasteiger partial charge in [-0.2, -0.15) is 16.9 Å². The Balaban J connectivity index is 1.63. The monoisotopic (exact) mass is 447 g/mol. The second-order valence-electron chi connectivity index (χ2n) is 7.97. The molecule has 2 aromatic carbocycles. The van der Waals surface area contributed by atoms with Crippen molar-refractivity contribution in [2.24, 2.45) is 5.73 Å². The van der Waals surface area contributed by atoms with E-state index in [4.69, 9.17) is 5.73 Å². The lowest BCUT2D eigenvalue weighted by atomic mass is 10.1. The van der Waals surface area contributed by atoms with Gasteiger partial charge in [-0.3, -0.25) is 9.59 Å². The highest BCUT2D eigenvalue weighted by Gasteiger charge is 2.46. The number of amides is 2. The normalized spacial score (nSPS) is 22.3. The van der Waals surface area contributed by atoms with Crippen molar-refractivity contribution in [1.29, 1.82) is 0 Å². The molecule has 0 unspecified atom stereocenters. The number of nitrogens with two attached hydrogens (primary N) is 1. The average molecular weight is 448 g/mol. The number of fused-ring (bicyclic) bond motifs is 1. The highest BCUT2D eigenvalue weighted by Crippen LogP contribution is 2.34. The van der Waals surface area contributed by atoms with Crippen molar-refractivity contribution < 1.29 is 18.0 Å². The third kappa shape index (κ3) is 4.19. The van der Waals surface area contributed by atoms with Gasteiger partial charge >= 0.3 is 0 Å². The molecule has 2 aliphatic rings. The van der Waals surface area contributed by atoms with E-state index < -0.39 is 22.0 Å². The highest BCUT2D eigenvalue weighted by molar-refractivity contribution is 7.89. The first-order valence-corrected chi connectivity index (χ1v) is 12.0. The Morgan fingerprint density at radius 3 is 2.50 bits per heavy atom. The van der Waals surface area contributed by atoms with Crippen molar-refractivity contribution in [3.8, 4) is 0 Å². The molecule has 4 rings (SSSR count). The van der Waals surface area contributed by atoms with E-state index in [2.05, 4.69) is 12.6 Å². The van der Waals surface area contributed by atoms with Crippen molar-refractivity contribution in [2.45, 2.75) is 47.9 Å². The summed E-state index contributed by atoms with van der Waals surface area (Å²) in [6, 6.07) is 11.8. The smallest absolute Gasteiger partial charge is 0.243 e. The molecule has 0 spiro atoms. The second kappa shape index (κ2) is 8.20. The number of primary amides is 1. The summed E-state index contributed by atoms with van der Waals surface area (Å²) in [7, 11) is -3.88. The number of rotatable bonds is 7. The van der Waals surface area contributed by atoms with Gasteiger partial charge < -0.3 is 10.6 Å². The molecule has 0 radical (unpaired) electrons. The van der Waals surface area contributed by atoms with Gasteiger partial charge in [0, 0.05) is 30.8 Å². The zero-order valence-electron chi connectivity index (χ0n) is 16.5. The van der Waals surface area contributed by atoms with Crippen LogP contribution in [-0.4, -0.2) is 59.9 Å². The molecular formula is C21H25N3O4S2. The predicted molar refractivity (Wildman–Crippen MR) is 118 cm³/mol. The fourth-order valence-corrected chi connectivity index (χ4v) is 6.18. The molecule has 2 aromatic rings. The van der Waals surface area contributed by atoms with E-state index in [-0.39, 0.29) is 41.6 Å². The first-order chi connectivity index (χ1) is 14.3. The molecule has 2 fully saturated rings. The van der Waals surface area contributed by atoms with Gasteiger partial charge in [0.25, 0.3) is 0 Å². The predicted octanol–water partition coefficient (Wildman–Crippen LogP) is 1.77. The molecule has 2 amide bonds. The number of carbonyl (C=O) groups excluding carboxylic acids is 2. The molecule has 2 atom stereocenters. The molecule has 9 heteroatoms. The zero-order valence-corrected chi connectivity index (χ0v) is 18.2. The van der Waals surface area contributed by atoms with Crippen molar-refractivity contribution in [3.63, 3.8) is 0 Å². The number of hydrogen-bond donors (Lipinski definition) is 2. The molecule has 0 aromatic heterocycles. The van der Waals surface area contributed by atoms with Crippen LogP contribution in [0.3, 0.4) is 0 Å². The molecule has 7 nitrogen and oxygen atoms in total. The Morgan fingerprint density at radius 2 is 1.83 bits per heavy atom. The summed E-state index contributed by atoms with van der Waals surface area (Å²) in [6.07, 6.45) is 2.13. The lowest BCUT2D eigenvalue weighted by molar-refractivity contribution is -0.135. The number of hydrogen-bond acceptors (Lipinski definition) is 5. The van der Waals surface area contributed by atoms with Crippen LogP contribution in [-0.2, 0) is 19.6 Å². The lowest BCUT2D eigenvalue weighted by Crippen LogP contribution is -2.49. The zero-order chi connectivity index (χ0) is 21.5. The Morgan fingerprint density at radius 1 is 1.13 bits per heavy atom. The van der Waals surface area contributed by atoms with Crippen LogP contribution in [0, 0.1) is 0 Å². The third-order valence-corrected chi connectivity index (χ3v) is 7.96. The van der Waals surface area contributed by atoms with Crippen molar-refractivity contribution in [1.82, 2.24) is 9.21 Å². The van der Waals surface area contributed by atoms with E-state index >= 15 is 0 Å². The molecule has 30 heavy (non-hydrogen) atoms. The molecule has 1 aliphatic heterocycles. The second-order valence-corrected chi connectivity index (χ2v) is 10.6.